The van der Waals surface area contributed by atoms with Crippen LogP contribution in [-0.4, -0.2) is 16.3 Å². The van der Waals surface area contributed by atoms with E-state index in [2.05, 4.69) is 6.58 Å². The molecule has 0 aliphatic heterocycles. The third kappa shape index (κ3) is 2.07. The van der Waals surface area contributed by atoms with Gasteiger partial charge in [0.2, 0.25) is 0 Å². The second-order valence-electron chi connectivity index (χ2n) is 4.00. The van der Waals surface area contributed by atoms with Gasteiger partial charge in [-0.15, -0.1) is 6.58 Å². The summed E-state index contributed by atoms with van der Waals surface area (Å²) in [5.41, 5.74) is 0.734. The Labute approximate surface area is 104 Å². The lowest BCUT2D eigenvalue weighted by Gasteiger charge is -2.13. The summed E-state index contributed by atoms with van der Waals surface area (Å²) in [6.45, 7) is 3.59. The van der Waals surface area contributed by atoms with E-state index >= 15 is 0 Å². The van der Waals surface area contributed by atoms with Gasteiger partial charge in [-0.1, -0.05) is 6.08 Å². The zero-order chi connectivity index (χ0) is 13.1. The van der Waals surface area contributed by atoms with E-state index in [9.17, 15) is 9.18 Å². The van der Waals surface area contributed by atoms with Crippen LogP contribution in [0.15, 0.2) is 41.7 Å². The molecule has 0 radical (unpaired) electrons. The molecule has 1 N–H and O–H groups in total. The number of hydrogen-bond acceptors (Lipinski definition) is 2. The monoisotopic (exact) mass is 247 g/mol. The summed E-state index contributed by atoms with van der Waals surface area (Å²) in [6.07, 6.45) is 1.94. The molecule has 0 fully saturated rings. The van der Waals surface area contributed by atoms with Crippen LogP contribution < -0.4 is 5.56 Å². The smallest absolute Gasteiger partial charge is 0.251 e. The summed E-state index contributed by atoms with van der Waals surface area (Å²) in [7, 11) is 0. The van der Waals surface area contributed by atoms with Gasteiger partial charge in [-0.2, -0.15) is 0 Å². The van der Waals surface area contributed by atoms with Crippen molar-refractivity contribution in [1.82, 2.24) is 4.57 Å². The fourth-order valence-electron chi connectivity index (χ4n) is 2.10. The summed E-state index contributed by atoms with van der Waals surface area (Å²) in [4.78, 5) is 11.8. The molecule has 0 saturated carbocycles. The first-order valence-electron chi connectivity index (χ1n) is 5.71. The van der Waals surface area contributed by atoms with Gasteiger partial charge in [0.25, 0.3) is 5.56 Å². The minimum Gasteiger partial charge on any atom is -0.395 e. The Hall–Kier alpha value is -1.94. The molecule has 1 aromatic carbocycles. The number of allylic oxidation sites excluding steroid dienone is 1. The highest BCUT2D eigenvalue weighted by atomic mass is 19.1. The van der Waals surface area contributed by atoms with E-state index in [1.807, 2.05) is 0 Å². The molecule has 18 heavy (non-hydrogen) atoms. The Morgan fingerprint density at radius 3 is 2.72 bits per heavy atom. The highest BCUT2D eigenvalue weighted by molar-refractivity contribution is 5.82. The van der Waals surface area contributed by atoms with E-state index in [4.69, 9.17) is 5.11 Å². The van der Waals surface area contributed by atoms with E-state index < -0.39 is 0 Å². The van der Waals surface area contributed by atoms with Crippen LogP contribution in [0.4, 0.5) is 4.39 Å². The summed E-state index contributed by atoms with van der Waals surface area (Å²) in [5.74, 6) is -0.361. The van der Waals surface area contributed by atoms with E-state index in [1.54, 1.807) is 18.2 Å². The molecular formula is C14H14FNO2. The predicted molar refractivity (Wildman–Crippen MR) is 69.2 cm³/mol. The lowest BCUT2D eigenvalue weighted by molar-refractivity contribution is 0.276. The van der Waals surface area contributed by atoms with Crippen LogP contribution in [0.1, 0.15) is 5.56 Å². The van der Waals surface area contributed by atoms with Crippen LogP contribution in [0, 0.1) is 5.82 Å². The normalized spacial score (nSPS) is 10.8. The molecule has 1 heterocycles. The maximum Gasteiger partial charge on any atom is 0.251 e. The van der Waals surface area contributed by atoms with Crippen LogP contribution in [0.3, 0.4) is 0 Å². The highest BCUT2D eigenvalue weighted by Crippen LogP contribution is 2.21. The third-order valence-corrected chi connectivity index (χ3v) is 2.87. The minimum atomic E-state index is -0.361. The molecule has 94 valence electrons. The molecular weight excluding hydrogens is 233 g/mol. The quantitative estimate of drug-likeness (QED) is 0.838. The molecule has 0 unspecified atom stereocenters. The number of aliphatic hydroxyl groups excluding tert-OH is 1. The van der Waals surface area contributed by atoms with Crippen LogP contribution in [0.25, 0.3) is 10.9 Å². The summed E-state index contributed by atoms with van der Waals surface area (Å²) in [6, 6.07) is 6.10. The zero-order valence-corrected chi connectivity index (χ0v) is 9.90. The van der Waals surface area contributed by atoms with Gasteiger partial charge in [0.15, 0.2) is 0 Å². The van der Waals surface area contributed by atoms with E-state index in [-0.39, 0.29) is 24.5 Å². The Bertz CT molecular complexity index is 646. The van der Waals surface area contributed by atoms with Gasteiger partial charge in [-0.05, 0) is 30.0 Å². The molecule has 0 atom stereocenters. The Balaban J connectivity index is 2.86. The molecule has 0 amide bonds. The molecule has 3 nitrogen and oxygen atoms in total. The summed E-state index contributed by atoms with van der Waals surface area (Å²) in [5, 5.41) is 9.80. The lowest BCUT2D eigenvalue weighted by Crippen LogP contribution is -2.22. The first-order valence-corrected chi connectivity index (χ1v) is 5.71. The lowest BCUT2D eigenvalue weighted by atomic mass is 10.1. The fraction of sp³-hybridized carbons (Fsp3) is 0.214. The molecule has 0 spiro atoms. The number of nitrogens with zero attached hydrogens (tertiary/aromatic N) is 1. The molecule has 0 aliphatic rings. The SMILES string of the molecule is C=CCc1c(F)ccc2ccc(=O)n(CCO)c12. The van der Waals surface area contributed by atoms with Gasteiger partial charge in [0.1, 0.15) is 5.82 Å². The molecule has 2 rings (SSSR count). The number of rotatable bonds is 4. The topological polar surface area (TPSA) is 42.2 Å². The maximum atomic E-state index is 13.8. The molecule has 2 aromatic rings. The van der Waals surface area contributed by atoms with Crippen molar-refractivity contribution in [2.24, 2.45) is 0 Å². The van der Waals surface area contributed by atoms with Crippen LogP contribution in [0.5, 0.6) is 0 Å². The van der Waals surface area contributed by atoms with Gasteiger partial charge < -0.3 is 9.67 Å². The van der Waals surface area contributed by atoms with Crippen molar-refractivity contribution in [1.29, 1.82) is 0 Å². The largest absolute Gasteiger partial charge is 0.395 e. The van der Waals surface area contributed by atoms with E-state index in [1.165, 1.54) is 16.7 Å². The standard InChI is InChI=1S/C14H14FNO2/c1-2-3-11-12(15)6-4-10-5-7-13(18)16(8-9-17)14(10)11/h2,4-7,17H,1,3,8-9H2. The van der Waals surface area contributed by atoms with Crippen molar-refractivity contribution < 1.29 is 9.50 Å². The molecule has 4 heteroatoms. The van der Waals surface area contributed by atoms with Gasteiger partial charge in [0, 0.05) is 18.2 Å². The average Bonchev–Trinajstić information content (AvgIpc) is 2.36. The van der Waals surface area contributed by atoms with Crippen molar-refractivity contribution in [2.45, 2.75) is 13.0 Å². The summed E-state index contributed by atoms with van der Waals surface area (Å²) < 4.78 is 15.2. The predicted octanol–water partition coefficient (Wildman–Crippen LogP) is 1.86. The van der Waals surface area contributed by atoms with E-state index in [0.29, 0.717) is 17.5 Å². The number of halogens is 1. The molecule has 0 saturated heterocycles. The van der Waals surface area contributed by atoms with E-state index in [0.717, 1.165) is 5.39 Å². The third-order valence-electron chi connectivity index (χ3n) is 2.87. The first kappa shape index (κ1) is 12.5. The van der Waals surface area contributed by atoms with Crippen molar-refractivity contribution in [3.63, 3.8) is 0 Å². The van der Waals surface area contributed by atoms with Crippen molar-refractivity contribution in [2.75, 3.05) is 6.61 Å². The number of benzene rings is 1. The van der Waals surface area contributed by atoms with Crippen LogP contribution >= 0.6 is 0 Å². The number of hydrogen-bond donors (Lipinski definition) is 1. The zero-order valence-electron chi connectivity index (χ0n) is 9.90. The second kappa shape index (κ2) is 5.14. The second-order valence-corrected chi connectivity index (χ2v) is 4.00. The number of pyridine rings is 1. The van der Waals surface area contributed by atoms with Crippen LogP contribution in [-0.2, 0) is 13.0 Å². The maximum absolute atomic E-state index is 13.8. The molecule has 1 aromatic heterocycles. The molecule has 0 aliphatic carbocycles. The summed E-state index contributed by atoms with van der Waals surface area (Å²) >= 11 is 0. The Morgan fingerprint density at radius 2 is 2.06 bits per heavy atom. The number of aliphatic hydroxyl groups is 1. The van der Waals surface area contributed by atoms with Crippen molar-refractivity contribution in [3.05, 3.63) is 58.7 Å². The number of aromatic nitrogens is 1. The fourth-order valence-corrected chi connectivity index (χ4v) is 2.10. The van der Waals surface area contributed by atoms with Gasteiger partial charge in [-0.25, -0.2) is 4.39 Å². The number of fused-ring (bicyclic) bond motifs is 1. The van der Waals surface area contributed by atoms with Crippen molar-refractivity contribution in [3.8, 4) is 0 Å². The van der Waals surface area contributed by atoms with Gasteiger partial charge in [-0.3, -0.25) is 4.79 Å². The van der Waals surface area contributed by atoms with Crippen LogP contribution in [0.2, 0.25) is 0 Å². The first-order chi connectivity index (χ1) is 8.69. The van der Waals surface area contributed by atoms with Gasteiger partial charge in [0.05, 0.1) is 12.1 Å². The highest BCUT2D eigenvalue weighted by Gasteiger charge is 2.11. The Morgan fingerprint density at radius 1 is 1.33 bits per heavy atom. The molecule has 0 bridgehead atoms. The minimum absolute atomic E-state index is 0.157. The average molecular weight is 247 g/mol. The van der Waals surface area contributed by atoms with Gasteiger partial charge >= 0.3 is 0 Å². The Kier molecular flexibility index (Phi) is 3.58. The van der Waals surface area contributed by atoms with Crippen molar-refractivity contribution >= 4 is 10.9 Å².